The molecule has 1 amide bonds. The number of nitrogens with one attached hydrogen (secondary N) is 2. The molecule has 0 saturated heterocycles. The van der Waals surface area contributed by atoms with Gasteiger partial charge in [0.1, 0.15) is 5.75 Å². The topological polar surface area (TPSA) is 66.0 Å². The van der Waals surface area contributed by atoms with Gasteiger partial charge in [0.2, 0.25) is 0 Å². The van der Waals surface area contributed by atoms with Gasteiger partial charge in [0.25, 0.3) is 5.91 Å². The van der Waals surface area contributed by atoms with Crippen molar-refractivity contribution in [3.63, 3.8) is 0 Å². The van der Waals surface area contributed by atoms with Gasteiger partial charge in [0, 0.05) is 39.3 Å². The van der Waals surface area contributed by atoms with Gasteiger partial charge in [-0.05, 0) is 36.2 Å². The molecule has 0 saturated carbocycles. The normalized spacial score (nSPS) is 11.3. The third kappa shape index (κ3) is 7.77. The van der Waals surface area contributed by atoms with Crippen LogP contribution in [0.2, 0.25) is 0 Å². The summed E-state index contributed by atoms with van der Waals surface area (Å²) in [7, 11) is 3.58. The summed E-state index contributed by atoms with van der Waals surface area (Å²) in [4.78, 5) is 18.1. The van der Waals surface area contributed by atoms with E-state index < -0.39 is 6.61 Å². The predicted octanol–water partition coefficient (Wildman–Crippen LogP) is 3.12. The molecule has 0 fully saturated rings. The molecule has 2 rings (SSSR count). The van der Waals surface area contributed by atoms with E-state index in [4.69, 9.17) is 0 Å². The lowest BCUT2D eigenvalue weighted by atomic mass is 10.2. The van der Waals surface area contributed by atoms with Crippen molar-refractivity contribution in [1.29, 1.82) is 0 Å². The highest BCUT2D eigenvalue weighted by Crippen LogP contribution is 2.15. The first-order valence-corrected chi connectivity index (χ1v) is 9.28. The van der Waals surface area contributed by atoms with E-state index in [2.05, 4.69) is 20.4 Å². The minimum Gasteiger partial charge on any atom is -0.435 e. The fourth-order valence-electron chi connectivity index (χ4n) is 2.69. The quantitative estimate of drug-likeness (QED) is 0.383. The number of alkyl halides is 2. The molecule has 0 unspecified atom stereocenters. The number of nitrogens with zero attached hydrogens (tertiary/aromatic N) is 2. The van der Waals surface area contributed by atoms with Crippen LogP contribution in [-0.2, 0) is 6.54 Å². The first-order valence-electron chi connectivity index (χ1n) is 9.28. The second-order valence-corrected chi connectivity index (χ2v) is 6.33. The van der Waals surface area contributed by atoms with Gasteiger partial charge in [0.15, 0.2) is 5.96 Å². The Morgan fingerprint density at radius 3 is 2.34 bits per heavy atom. The molecule has 156 valence electrons. The molecule has 0 aromatic heterocycles. The van der Waals surface area contributed by atoms with Crippen molar-refractivity contribution < 1.29 is 18.3 Å². The van der Waals surface area contributed by atoms with Crippen LogP contribution in [0.4, 0.5) is 8.78 Å². The molecule has 0 heterocycles. The van der Waals surface area contributed by atoms with Crippen molar-refractivity contribution >= 4 is 11.9 Å². The monoisotopic (exact) mass is 404 g/mol. The molecule has 2 aromatic carbocycles. The van der Waals surface area contributed by atoms with E-state index in [0.29, 0.717) is 31.2 Å². The molecule has 0 aliphatic carbocycles. The molecule has 0 bridgehead atoms. The van der Waals surface area contributed by atoms with Crippen LogP contribution < -0.4 is 15.4 Å². The molecule has 0 radical (unpaired) electrons. The summed E-state index contributed by atoms with van der Waals surface area (Å²) in [5, 5.41) is 6.12. The minimum atomic E-state index is -2.83. The van der Waals surface area contributed by atoms with Crippen molar-refractivity contribution in [2.24, 2.45) is 4.99 Å². The highest BCUT2D eigenvalue weighted by molar-refractivity contribution is 5.94. The van der Waals surface area contributed by atoms with Crippen molar-refractivity contribution in [3.05, 3.63) is 65.7 Å². The SMILES string of the molecule is CN=C(NCCCNC(=O)c1ccccc1)N(C)Cc1ccc(OC(F)F)cc1. The van der Waals surface area contributed by atoms with E-state index in [1.54, 1.807) is 31.3 Å². The molecular formula is C21H26F2N4O2. The number of halogens is 2. The van der Waals surface area contributed by atoms with Gasteiger partial charge in [0.05, 0.1) is 0 Å². The Kier molecular flexibility index (Phi) is 8.88. The lowest BCUT2D eigenvalue weighted by Gasteiger charge is -2.22. The molecule has 2 aromatic rings. The lowest BCUT2D eigenvalue weighted by molar-refractivity contribution is -0.0498. The molecule has 0 aliphatic heterocycles. The summed E-state index contributed by atoms with van der Waals surface area (Å²) < 4.78 is 28.8. The van der Waals surface area contributed by atoms with Gasteiger partial charge in [-0.15, -0.1) is 0 Å². The van der Waals surface area contributed by atoms with Crippen LogP contribution in [0, 0.1) is 0 Å². The zero-order valence-corrected chi connectivity index (χ0v) is 16.6. The van der Waals surface area contributed by atoms with E-state index >= 15 is 0 Å². The number of carbonyl (C=O) groups excluding carboxylic acids is 1. The van der Waals surface area contributed by atoms with Gasteiger partial charge >= 0.3 is 6.61 Å². The first-order chi connectivity index (χ1) is 14.0. The molecule has 8 heteroatoms. The standard InChI is InChI=1S/C21H26F2N4O2/c1-24-21(26-14-6-13-25-19(28)17-7-4-3-5-8-17)27(2)15-16-9-11-18(12-10-16)29-20(22)23/h3-5,7-12,20H,6,13-15H2,1-2H3,(H,24,26)(H,25,28). The maximum absolute atomic E-state index is 12.2. The Balaban J connectivity index is 1.71. The second kappa shape index (κ2) is 11.6. The van der Waals surface area contributed by atoms with E-state index in [-0.39, 0.29) is 11.7 Å². The average molecular weight is 404 g/mol. The summed E-state index contributed by atoms with van der Waals surface area (Å²) in [5.74, 6) is 0.741. The number of aliphatic imine (C=N–C) groups is 1. The number of hydrogen-bond acceptors (Lipinski definition) is 3. The Hall–Kier alpha value is -3.16. The highest BCUT2D eigenvalue weighted by Gasteiger charge is 2.08. The Morgan fingerprint density at radius 1 is 1.07 bits per heavy atom. The minimum absolute atomic E-state index is 0.0913. The van der Waals surface area contributed by atoms with Crippen LogP contribution in [0.1, 0.15) is 22.3 Å². The van der Waals surface area contributed by atoms with Crippen molar-refractivity contribution in [2.45, 2.75) is 19.6 Å². The predicted molar refractivity (Wildman–Crippen MR) is 109 cm³/mol. The van der Waals surface area contributed by atoms with Crippen LogP contribution in [-0.4, -0.2) is 50.6 Å². The van der Waals surface area contributed by atoms with Gasteiger partial charge in [-0.3, -0.25) is 9.79 Å². The summed E-state index contributed by atoms with van der Waals surface area (Å²) in [6, 6.07) is 15.6. The molecule has 0 aliphatic rings. The summed E-state index contributed by atoms with van der Waals surface area (Å²) >= 11 is 0. The van der Waals surface area contributed by atoms with Crippen molar-refractivity contribution in [1.82, 2.24) is 15.5 Å². The number of rotatable bonds is 9. The van der Waals surface area contributed by atoms with Crippen LogP contribution >= 0.6 is 0 Å². The number of carbonyl (C=O) groups is 1. The van der Waals surface area contributed by atoms with Crippen LogP contribution in [0.25, 0.3) is 0 Å². The van der Waals surface area contributed by atoms with Crippen LogP contribution in [0.15, 0.2) is 59.6 Å². The molecular weight excluding hydrogens is 378 g/mol. The van der Waals surface area contributed by atoms with Crippen LogP contribution in [0.3, 0.4) is 0 Å². The van der Waals surface area contributed by atoms with Gasteiger partial charge in [-0.25, -0.2) is 0 Å². The maximum Gasteiger partial charge on any atom is 0.387 e. The number of benzene rings is 2. The third-order valence-corrected chi connectivity index (χ3v) is 4.10. The molecule has 6 nitrogen and oxygen atoms in total. The number of amides is 1. The molecule has 0 atom stereocenters. The Bertz CT molecular complexity index is 783. The third-order valence-electron chi connectivity index (χ3n) is 4.10. The van der Waals surface area contributed by atoms with E-state index in [1.807, 2.05) is 30.1 Å². The van der Waals surface area contributed by atoms with E-state index in [0.717, 1.165) is 12.0 Å². The smallest absolute Gasteiger partial charge is 0.387 e. The first kappa shape index (κ1) is 22.1. The zero-order valence-electron chi connectivity index (χ0n) is 16.6. The molecule has 0 spiro atoms. The highest BCUT2D eigenvalue weighted by atomic mass is 19.3. The van der Waals surface area contributed by atoms with E-state index in [1.165, 1.54) is 12.1 Å². The van der Waals surface area contributed by atoms with Crippen molar-refractivity contribution in [3.8, 4) is 5.75 Å². The lowest BCUT2D eigenvalue weighted by Crippen LogP contribution is -2.39. The zero-order chi connectivity index (χ0) is 21.1. The summed E-state index contributed by atoms with van der Waals surface area (Å²) in [6.07, 6.45) is 0.741. The Morgan fingerprint density at radius 2 is 1.72 bits per heavy atom. The van der Waals surface area contributed by atoms with E-state index in [9.17, 15) is 13.6 Å². The maximum atomic E-state index is 12.2. The van der Waals surface area contributed by atoms with Gasteiger partial charge < -0.3 is 20.3 Å². The summed E-state index contributed by atoms with van der Waals surface area (Å²) in [5.41, 5.74) is 1.58. The largest absolute Gasteiger partial charge is 0.435 e. The number of ether oxygens (including phenoxy) is 1. The van der Waals surface area contributed by atoms with Gasteiger partial charge in [-0.1, -0.05) is 30.3 Å². The molecule has 2 N–H and O–H groups in total. The number of hydrogen-bond donors (Lipinski definition) is 2. The fraction of sp³-hybridized carbons (Fsp3) is 0.333. The van der Waals surface area contributed by atoms with Crippen molar-refractivity contribution in [2.75, 3.05) is 27.2 Å². The van der Waals surface area contributed by atoms with Gasteiger partial charge in [-0.2, -0.15) is 8.78 Å². The molecule has 29 heavy (non-hydrogen) atoms. The fourth-order valence-corrected chi connectivity index (χ4v) is 2.69. The van der Waals surface area contributed by atoms with Crippen LogP contribution in [0.5, 0.6) is 5.75 Å². The number of guanidine groups is 1. The second-order valence-electron chi connectivity index (χ2n) is 6.33. The average Bonchev–Trinajstić information content (AvgIpc) is 2.72. The Labute approximate surface area is 169 Å². The summed E-state index contributed by atoms with van der Waals surface area (Å²) in [6.45, 7) is -1.08.